The Kier molecular flexibility index (Phi) is 4.69. The molecule has 0 radical (unpaired) electrons. The minimum atomic E-state index is -0.211. The molecule has 2 aliphatic heterocycles. The minimum absolute atomic E-state index is 0. The number of hydrogen-bond donors (Lipinski definition) is 1. The van der Waals surface area contributed by atoms with Gasteiger partial charge < -0.3 is 9.84 Å². The van der Waals surface area contributed by atoms with Crippen molar-refractivity contribution in [2.24, 2.45) is 5.92 Å². The van der Waals surface area contributed by atoms with E-state index < -0.39 is 0 Å². The van der Waals surface area contributed by atoms with Gasteiger partial charge in [-0.05, 0) is 62.3 Å². The molecule has 0 amide bonds. The van der Waals surface area contributed by atoms with Gasteiger partial charge >= 0.3 is 0 Å². The fourth-order valence-corrected chi connectivity index (χ4v) is 3.83. The van der Waals surface area contributed by atoms with Gasteiger partial charge in [-0.25, -0.2) is 4.39 Å². The zero-order valence-corrected chi connectivity index (χ0v) is 13.9. The van der Waals surface area contributed by atoms with Gasteiger partial charge in [-0.15, -0.1) is 12.4 Å². The Balaban J connectivity index is 0.00000156. The third kappa shape index (κ3) is 3.40. The van der Waals surface area contributed by atoms with Crippen molar-refractivity contribution in [2.45, 2.75) is 51.1 Å². The van der Waals surface area contributed by atoms with Crippen LogP contribution in [-0.4, -0.2) is 22.2 Å². The molecule has 0 aliphatic carbocycles. The summed E-state index contributed by atoms with van der Waals surface area (Å²) in [4.78, 5) is 4.50. The number of aromatic nitrogens is 2. The Morgan fingerprint density at radius 1 is 1.26 bits per heavy atom. The van der Waals surface area contributed by atoms with E-state index in [4.69, 9.17) is 4.52 Å². The lowest BCUT2D eigenvalue weighted by Gasteiger charge is -2.27. The fourth-order valence-electron chi connectivity index (χ4n) is 3.83. The SMILES string of the molecule is Cc1cc(-c2noc(CC3CC4CCC(C3)N4)n2)ccc1F.Cl. The van der Waals surface area contributed by atoms with E-state index >= 15 is 0 Å². The van der Waals surface area contributed by atoms with E-state index in [-0.39, 0.29) is 18.2 Å². The maximum atomic E-state index is 13.3. The molecule has 1 N–H and O–H groups in total. The summed E-state index contributed by atoms with van der Waals surface area (Å²) in [6, 6.07) is 6.25. The standard InChI is InChI=1S/C17H20FN3O.ClH/c1-10-6-12(2-5-15(10)18)17-20-16(22-21-17)9-11-7-13-3-4-14(8-11)19-13;/h2,5-6,11,13-14,19H,3-4,7-9H2,1H3;1H. The number of nitrogens with zero attached hydrogens (tertiary/aromatic N) is 2. The van der Waals surface area contributed by atoms with Crippen molar-refractivity contribution in [1.29, 1.82) is 0 Å². The van der Waals surface area contributed by atoms with Crippen molar-refractivity contribution >= 4 is 12.4 Å². The first-order valence-corrected chi connectivity index (χ1v) is 8.02. The van der Waals surface area contributed by atoms with Gasteiger partial charge in [0.15, 0.2) is 0 Å². The minimum Gasteiger partial charge on any atom is -0.339 e. The van der Waals surface area contributed by atoms with Crippen molar-refractivity contribution in [3.05, 3.63) is 35.5 Å². The highest BCUT2D eigenvalue weighted by Gasteiger charge is 2.34. The molecule has 2 fully saturated rings. The zero-order valence-electron chi connectivity index (χ0n) is 13.1. The summed E-state index contributed by atoms with van der Waals surface area (Å²) < 4.78 is 18.7. The van der Waals surface area contributed by atoms with Crippen LogP contribution in [0, 0.1) is 18.7 Å². The molecule has 2 unspecified atom stereocenters. The number of benzene rings is 1. The highest BCUT2D eigenvalue weighted by Crippen LogP contribution is 2.32. The van der Waals surface area contributed by atoms with E-state index in [0.29, 0.717) is 35.3 Å². The van der Waals surface area contributed by atoms with Crippen molar-refractivity contribution in [3.63, 3.8) is 0 Å². The van der Waals surface area contributed by atoms with Gasteiger partial charge in [0.05, 0.1) is 0 Å². The Hall–Kier alpha value is -1.46. The second-order valence-corrected chi connectivity index (χ2v) is 6.66. The van der Waals surface area contributed by atoms with E-state index in [2.05, 4.69) is 15.5 Å². The van der Waals surface area contributed by atoms with E-state index in [9.17, 15) is 4.39 Å². The molecule has 1 aromatic carbocycles. The number of fused-ring (bicyclic) bond motifs is 2. The van der Waals surface area contributed by atoms with Crippen LogP contribution >= 0.6 is 12.4 Å². The summed E-state index contributed by atoms with van der Waals surface area (Å²) in [5, 5.41) is 7.70. The summed E-state index contributed by atoms with van der Waals surface area (Å²) >= 11 is 0. The average Bonchev–Trinajstić information content (AvgIpc) is 3.09. The van der Waals surface area contributed by atoms with Crippen molar-refractivity contribution < 1.29 is 8.91 Å². The number of halogens is 2. The van der Waals surface area contributed by atoms with Crippen molar-refractivity contribution in [1.82, 2.24) is 15.5 Å². The topological polar surface area (TPSA) is 51.0 Å². The van der Waals surface area contributed by atoms with Crippen molar-refractivity contribution in [2.75, 3.05) is 0 Å². The molecule has 2 saturated heterocycles. The quantitative estimate of drug-likeness (QED) is 0.928. The first kappa shape index (κ1) is 16.4. The molecule has 2 atom stereocenters. The van der Waals surface area contributed by atoms with Gasteiger partial charge in [0.25, 0.3) is 0 Å². The highest BCUT2D eigenvalue weighted by atomic mass is 35.5. The summed E-state index contributed by atoms with van der Waals surface area (Å²) in [6.45, 7) is 1.74. The smallest absolute Gasteiger partial charge is 0.227 e. The normalized spacial score (nSPS) is 26.1. The molecule has 124 valence electrons. The Labute approximate surface area is 141 Å². The van der Waals surface area contributed by atoms with Crippen LogP contribution in [-0.2, 0) is 6.42 Å². The van der Waals surface area contributed by atoms with Gasteiger partial charge in [0.1, 0.15) is 5.82 Å². The molecule has 0 spiro atoms. The molecule has 2 aromatic rings. The molecular formula is C17H21ClFN3O. The monoisotopic (exact) mass is 337 g/mol. The van der Waals surface area contributed by atoms with E-state index in [1.54, 1.807) is 19.1 Å². The van der Waals surface area contributed by atoms with Crippen LogP contribution in [0.4, 0.5) is 4.39 Å². The molecule has 6 heteroatoms. The van der Waals surface area contributed by atoms with Gasteiger partial charge in [-0.3, -0.25) is 0 Å². The van der Waals surface area contributed by atoms with Crippen LogP contribution in [0.2, 0.25) is 0 Å². The van der Waals surface area contributed by atoms with Gasteiger partial charge in [-0.1, -0.05) is 5.16 Å². The largest absolute Gasteiger partial charge is 0.339 e. The predicted octanol–water partition coefficient (Wildman–Crippen LogP) is 3.68. The second kappa shape index (κ2) is 6.57. The van der Waals surface area contributed by atoms with Gasteiger partial charge in [0.2, 0.25) is 11.7 Å². The summed E-state index contributed by atoms with van der Waals surface area (Å²) in [7, 11) is 0. The van der Waals surface area contributed by atoms with Crippen LogP contribution < -0.4 is 5.32 Å². The zero-order chi connectivity index (χ0) is 15.1. The molecule has 4 nitrogen and oxygen atoms in total. The number of hydrogen-bond acceptors (Lipinski definition) is 4. The number of aryl methyl sites for hydroxylation is 1. The van der Waals surface area contributed by atoms with Crippen LogP contribution in [0.3, 0.4) is 0 Å². The second-order valence-electron chi connectivity index (χ2n) is 6.66. The van der Waals surface area contributed by atoms with Gasteiger partial charge in [-0.2, -0.15) is 4.98 Å². The molecule has 3 heterocycles. The lowest BCUT2D eigenvalue weighted by Crippen LogP contribution is -2.38. The van der Waals surface area contributed by atoms with Crippen LogP contribution in [0.1, 0.15) is 37.1 Å². The van der Waals surface area contributed by atoms with E-state index in [1.807, 2.05) is 0 Å². The van der Waals surface area contributed by atoms with Crippen molar-refractivity contribution in [3.8, 4) is 11.4 Å². The molecule has 2 aliphatic rings. The first-order valence-electron chi connectivity index (χ1n) is 8.02. The molecule has 2 bridgehead atoms. The van der Waals surface area contributed by atoms with E-state index in [0.717, 1.165) is 12.0 Å². The van der Waals surface area contributed by atoms with E-state index in [1.165, 1.54) is 31.7 Å². The third-order valence-electron chi connectivity index (χ3n) is 4.92. The summed E-state index contributed by atoms with van der Waals surface area (Å²) in [6.07, 6.45) is 5.84. The molecule has 0 saturated carbocycles. The summed E-state index contributed by atoms with van der Waals surface area (Å²) in [5.41, 5.74) is 1.40. The molecule has 23 heavy (non-hydrogen) atoms. The maximum absolute atomic E-state index is 13.3. The number of nitrogens with one attached hydrogen (secondary N) is 1. The molecule has 1 aromatic heterocycles. The Bertz CT molecular complexity index is 678. The number of piperidine rings is 1. The predicted molar refractivity (Wildman–Crippen MR) is 88.1 cm³/mol. The lowest BCUT2D eigenvalue weighted by molar-refractivity contribution is 0.270. The Morgan fingerprint density at radius 3 is 2.70 bits per heavy atom. The average molecular weight is 338 g/mol. The van der Waals surface area contributed by atoms with Crippen LogP contribution in [0.15, 0.2) is 22.7 Å². The molecular weight excluding hydrogens is 317 g/mol. The maximum Gasteiger partial charge on any atom is 0.227 e. The first-order chi connectivity index (χ1) is 10.7. The lowest BCUT2D eigenvalue weighted by atomic mass is 9.90. The number of rotatable bonds is 3. The Morgan fingerprint density at radius 2 is 2.00 bits per heavy atom. The van der Waals surface area contributed by atoms with Crippen LogP contribution in [0.5, 0.6) is 0 Å². The van der Waals surface area contributed by atoms with Crippen LogP contribution in [0.25, 0.3) is 11.4 Å². The van der Waals surface area contributed by atoms with Gasteiger partial charge in [0, 0.05) is 24.1 Å². The summed E-state index contributed by atoms with van der Waals surface area (Å²) in [5.74, 6) is 1.66. The fraction of sp³-hybridized carbons (Fsp3) is 0.529. The third-order valence-corrected chi connectivity index (χ3v) is 4.92. The molecule has 4 rings (SSSR count). The highest BCUT2D eigenvalue weighted by molar-refractivity contribution is 5.85.